The standard InChI is InChI=1S/C12H17Cl/c1-5-9(3)10-7-12(4,6-2)11(10)8-13/h5,7-8H,6H2,1-4H3/b9-5+,11-8+. The molecule has 72 valence electrons. The molecule has 0 saturated heterocycles. The zero-order valence-corrected chi connectivity index (χ0v) is 9.57. The summed E-state index contributed by atoms with van der Waals surface area (Å²) in [6.45, 7) is 8.61. The summed E-state index contributed by atoms with van der Waals surface area (Å²) in [5.41, 5.74) is 5.86. The van der Waals surface area contributed by atoms with Crippen LogP contribution in [0.15, 0.2) is 34.4 Å². The van der Waals surface area contributed by atoms with Gasteiger partial charge in [-0.15, -0.1) is 0 Å². The molecule has 1 heteroatoms. The van der Waals surface area contributed by atoms with E-state index in [0.717, 1.165) is 6.42 Å². The van der Waals surface area contributed by atoms with Gasteiger partial charge in [-0.3, -0.25) is 0 Å². The fourth-order valence-electron chi connectivity index (χ4n) is 1.66. The molecule has 0 fully saturated rings. The van der Waals surface area contributed by atoms with Crippen LogP contribution < -0.4 is 0 Å². The minimum atomic E-state index is 0.210. The molecule has 0 saturated carbocycles. The molecule has 0 nitrogen and oxygen atoms in total. The lowest BCUT2D eigenvalue weighted by molar-refractivity contribution is 0.464. The Morgan fingerprint density at radius 2 is 2.23 bits per heavy atom. The van der Waals surface area contributed by atoms with E-state index in [-0.39, 0.29) is 5.41 Å². The van der Waals surface area contributed by atoms with E-state index < -0.39 is 0 Å². The second-order valence-electron chi connectivity index (χ2n) is 3.82. The van der Waals surface area contributed by atoms with Crippen LogP contribution in [0.3, 0.4) is 0 Å². The molecule has 1 aliphatic rings. The van der Waals surface area contributed by atoms with Gasteiger partial charge in [0.25, 0.3) is 0 Å². The molecule has 1 unspecified atom stereocenters. The highest BCUT2D eigenvalue weighted by Crippen LogP contribution is 2.49. The second kappa shape index (κ2) is 3.71. The molecule has 0 spiro atoms. The van der Waals surface area contributed by atoms with Crippen molar-refractivity contribution in [3.05, 3.63) is 34.4 Å². The summed E-state index contributed by atoms with van der Waals surface area (Å²) < 4.78 is 0. The van der Waals surface area contributed by atoms with Crippen LogP contribution in [0.4, 0.5) is 0 Å². The zero-order valence-electron chi connectivity index (χ0n) is 8.82. The van der Waals surface area contributed by atoms with Crippen molar-refractivity contribution < 1.29 is 0 Å². The Balaban J connectivity index is 3.02. The van der Waals surface area contributed by atoms with E-state index in [4.69, 9.17) is 11.6 Å². The van der Waals surface area contributed by atoms with Crippen LogP contribution in [0.5, 0.6) is 0 Å². The van der Waals surface area contributed by atoms with Gasteiger partial charge in [0.1, 0.15) is 0 Å². The molecular weight excluding hydrogens is 180 g/mol. The maximum Gasteiger partial charge on any atom is 0.0125 e. The average Bonchev–Trinajstić information content (AvgIpc) is 2.13. The molecule has 0 amide bonds. The maximum absolute atomic E-state index is 5.83. The van der Waals surface area contributed by atoms with Crippen molar-refractivity contribution >= 4 is 11.6 Å². The summed E-state index contributed by atoms with van der Waals surface area (Å²) in [5, 5.41) is 0. The molecule has 13 heavy (non-hydrogen) atoms. The Labute approximate surface area is 86.0 Å². The van der Waals surface area contributed by atoms with E-state index in [1.807, 2.05) is 0 Å². The summed E-state index contributed by atoms with van der Waals surface area (Å²) in [4.78, 5) is 0. The van der Waals surface area contributed by atoms with Gasteiger partial charge in [-0.05, 0) is 37.0 Å². The van der Waals surface area contributed by atoms with Crippen LogP contribution in [-0.2, 0) is 0 Å². The van der Waals surface area contributed by atoms with Gasteiger partial charge in [-0.25, -0.2) is 0 Å². The first-order chi connectivity index (χ1) is 6.09. The minimum Gasteiger partial charge on any atom is -0.0926 e. The van der Waals surface area contributed by atoms with Crippen molar-refractivity contribution in [2.75, 3.05) is 0 Å². The fourth-order valence-corrected chi connectivity index (χ4v) is 2.03. The Morgan fingerprint density at radius 3 is 2.62 bits per heavy atom. The van der Waals surface area contributed by atoms with Crippen LogP contribution >= 0.6 is 11.6 Å². The predicted molar refractivity (Wildman–Crippen MR) is 59.8 cm³/mol. The van der Waals surface area contributed by atoms with Gasteiger partial charge in [0, 0.05) is 11.0 Å². The highest BCUT2D eigenvalue weighted by molar-refractivity contribution is 6.26. The number of rotatable bonds is 2. The molecule has 1 aliphatic carbocycles. The Morgan fingerprint density at radius 1 is 1.62 bits per heavy atom. The van der Waals surface area contributed by atoms with Gasteiger partial charge in [0.15, 0.2) is 0 Å². The van der Waals surface area contributed by atoms with Crippen LogP contribution in [0.1, 0.15) is 34.1 Å². The highest BCUT2D eigenvalue weighted by Gasteiger charge is 2.36. The molecular formula is C12H17Cl. The van der Waals surface area contributed by atoms with E-state index in [9.17, 15) is 0 Å². The first kappa shape index (κ1) is 10.6. The summed E-state index contributed by atoms with van der Waals surface area (Å²) >= 11 is 5.83. The van der Waals surface area contributed by atoms with Crippen LogP contribution in [0.2, 0.25) is 0 Å². The monoisotopic (exact) mass is 196 g/mol. The van der Waals surface area contributed by atoms with Crippen molar-refractivity contribution in [2.24, 2.45) is 5.41 Å². The zero-order chi connectivity index (χ0) is 10.1. The highest BCUT2D eigenvalue weighted by atomic mass is 35.5. The molecule has 0 N–H and O–H groups in total. The van der Waals surface area contributed by atoms with Gasteiger partial charge in [0.05, 0.1) is 0 Å². The van der Waals surface area contributed by atoms with Crippen molar-refractivity contribution in [3.8, 4) is 0 Å². The lowest BCUT2D eigenvalue weighted by Crippen LogP contribution is -2.26. The Hall–Kier alpha value is -0.490. The third-order valence-electron chi connectivity index (χ3n) is 3.07. The Kier molecular flexibility index (Phi) is 3.02. The topological polar surface area (TPSA) is 0 Å². The summed E-state index contributed by atoms with van der Waals surface area (Å²) in [6, 6.07) is 0. The quantitative estimate of drug-likeness (QED) is 0.613. The van der Waals surface area contributed by atoms with E-state index >= 15 is 0 Å². The molecule has 0 aromatic carbocycles. The largest absolute Gasteiger partial charge is 0.0926 e. The third-order valence-corrected chi connectivity index (χ3v) is 3.29. The molecule has 0 aliphatic heterocycles. The third kappa shape index (κ3) is 1.60. The van der Waals surface area contributed by atoms with E-state index in [0.29, 0.717) is 0 Å². The molecule has 0 heterocycles. The van der Waals surface area contributed by atoms with Gasteiger partial charge in [-0.2, -0.15) is 0 Å². The first-order valence-electron chi connectivity index (χ1n) is 4.76. The number of halogens is 1. The van der Waals surface area contributed by atoms with Crippen LogP contribution in [-0.4, -0.2) is 0 Å². The SMILES string of the molecule is C/C=C(\C)C1=CC(C)(CC)/C1=C/Cl. The maximum atomic E-state index is 5.83. The van der Waals surface area contributed by atoms with Crippen molar-refractivity contribution in [2.45, 2.75) is 34.1 Å². The van der Waals surface area contributed by atoms with Gasteiger partial charge in [0.2, 0.25) is 0 Å². The Bertz CT molecular complexity index is 294. The van der Waals surface area contributed by atoms with Crippen LogP contribution in [0, 0.1) is 5.41 Å². The van der Waals surface area contributed by atoms with Gasteiger partial charge in [-0.1, -0.05) is 37.6 Å². The van der Waals surface area contributed by atoms with E-state index in [2.05, 4.69) is 39.8 Å². The van der Waals surface area contributed by atoms with Crippen molar-refractivity contribution in [1.29, 1.82) is 0 Å². The normalized spacial score (nSPS) is 31.6. The fraction of sp³-hybridized carbons (Fsp3) is 0.500. The molecule has 0 aromatic rings. The van der Waals surface area contributed by atoms with Crippen LogP contribution in [0.25, 0.3) is 0 Å². The lowest BCUT2D eigenvalue weighted by Gasteiger charge is -2.39. The molecule has 0 aromatic heterocycles. The minimum absolute atomic E-state index is 0.210. The summed E-state index contributed by atoms with van der Waals surface area (Å²) in [6.07, 6.45) is 5.56. The number of allylic oxidation sites excluding steroid dienone is 5. The average molecular weight is 197 g/mol. The molecule has 1 rings (SSSR count). The van der Waals surface area contributed by atoms with E-state index in [1.165, 1.54) is 16.7 Å². The van der Waals surface area contributed by atoms with Crippen molar-refractivity contribution in [1.82, 2.24) is 0 Å². The number of hydrogen-bond acceptors (Lipinski definition) is 0. The summed E-state index contributed by atoms with van der Waals surface area (Å²) in [5.74, 6) is 0. The number of hydrogen-bond donors (Lipinski definition) is 0. The van der Waals surface area contributed by atoms with E-state index in [1.54, 1.807) is 5.54 Å². The van der Waals surface area contributed by atoms with Gasteiger partial charge < -0.3 is 0 Å². The molecule has 0 radical (unpaired) electrons. The van der Waals surface area contributed by atoms with Gasteiger partial charge >= 0.3 is 0 Å². The smallest absolute Gasteiger partial charge is 0.0125 e. The summed E-state index contributed by atoms with van der Waals surface area (Å²) in [7, 11) is 0. The second-order valence-corrected chi connectivity index (χ2v) is 4.04. The predicted octanol–water partition coefficient (Wildman–Crippen LogP) is 4.43. The van der Waals surface area contributed by atoms with Crippen molar-refractivity contribution in [3.63, 3.8) is 0 Å². The molecule has 1 atom stereocenters. The first-order valence-corrected chi connectivity index (χ1v) is 5.20. The molecule has 0 bridgehead atoms. The lowest BCUT2D eigenvalue weighted by atomic mass is 9.65.